The fourth-order valence-electron chi connectivity index (χ4n) is 4.57. The van der Waals surface area contributed by atoms with Crippen LogP contribution >= 0.6 is 0 Å². The Labute approximate surface area is 183 Å². The monoisotopic (exact) mass is 422 g/mol. The molecule has 0 aliphatic carbocycles. The highest BCUT2D eigenvalue weighted by molar-refractivity contribution is 5.91. The van der Waals surface area contributed by atoms with Crippen LogP contribution in [0.5, 0.6) is 5.75 Å². The van der Waals surface area contributed by atoms with Crippen molar-refractivity contribution >= 4 is 11.7 Å². The van der Waals surface area contributed by atoms with E-state index in [2.05, 4.69) is 15.5 Å². The Morgan fingerprint density at radius 2 is 2.03 bits per heavy atom. The first-order chi connectivity index (χ1) is 15.2. The number of fused-ring (bicyclic) bond motifs is 1. The summed E-state index contributed by atoms with van der Waals surface area (Å²) in [5.74, 6) is 1.56. The second kappa shape index (κ2) is 9.16. The molecule has 0 saturated carbocycles. The van der Waals surface area contributed by atoms with Crippen LogP contribution in [0.25, 0.3) is 0 Å². The molecule has 4 aliphatic heterocycles. The van der Waals surface area contributed by atoms with Gasteiger partial charge in [0.2, 0.25) is 0 Å². The van der Waals surface area contributed by atoms with Crippen molar-refractivity contribution in [2.45, 2.75) is 25.4 Å². The molecule has 0 spiro atoms. The van der Waals surface area contributed by atoms with E-state index in [1.165, 1.54) is 6.42 Å². The molecule has 1 aromatic carbocycles. The van der Waals surface area contributed by atoms with Gasteiger partial charge in [0.15, 0.2) is 0 Å². The van der Waals surface area contributed by atoms with Gasteiger partial charge in [-0.15, -0.1) is 0 Å². The summed E-state index contributed by atoms with van der Waals surface area (Å²) in [6.07, 6.45) is 11.2. The molecule has 0 bridgehead atoms. The molecule has 0 aromatic heterocycles. The summed E-state index contributed by atoms with van der Waals surface area (Å²) < 4.78 is 11.7. The van der Waals surface area contributed by atoms with E-state index in [1.54, 1.807) is 4.90 Å². The molecule has 5 rings (SSSR count). The summed E-state index contributed by atoms with van der Waals surface area (Å²) >= 11 is 0. The van der Waals surface area contributed by atoms with Gasteiger partial charge in [-0.25, -0.2) is 4.79 Å². The molecular weight excluding hydrogens is 392 g/mol. The smallest absolute Gasteiger partial charge is 0.326 e. The normalized spacial score (nSPS) is 23.7. The van der Waals surface area contributed by atoms with Crippen LogP contribution in [-0.4, -0.2) is 61.3 Å². The van der Waals surface area contributed by atoms with Crippen LogP contribution in [-0.2, 0) is 4.74 Å². The average Bonchev–Trinajstić information content (AvgIpc) is 3.46. The highest BCUT2D eigenvalue weighted by Gasteiger charge is 2.25. The summed E-state index contributed by atoms with van der Waals surface area (Å²) in [5.41, 5.74) is 2.95. The lowest BCUT2D eigenvalue weighted by molar-refractivity contribution is 0.0880. The molecule has 7 nitrogen and oxygen atoms in total. The van der Waals surface area contributed by atoms with Crippen molar-refractivity contribution in [3.05, 3.63) is 60.1 Å². The standard InChI is InChI=1S/C24H30N4O3/c29-24(28-15-19-5-9-25-13-20(19)16-28)26-21-1-3-22(4-2-21)31-23-6-10-27(11-7-23)14-18-8-12-30-17-18/h1-5,9,13,15,18,23,25H,6-8,10-12,14,16-17H2,(H,26,29). The van der Waals surface area contributed by atoms with Gasteiger partial charge in [-0.1, -0.05) is 0 Å². The number of nitrogens with zero attached hydrogens (tertiary/aromatic N) is 2. The van der Waals surface area contributed by atoms with Crippen LogP contribution in [0, 0.1) is 5.92 Å². The molecule has 2 fully saturated rings. The molecule has 0 radical (unpaired) electrons. The van der Waals surface area contributed by atoms with Crippen LogP contribution in [0.2, 0.25) is 0 Å². The third-order valence-electron chi connectivity index (χ3n) is 6.37. The molecule has 1 unspecified atom stereocenters. The number of amides is 2. The van der Waals surface area contributed by atoms with Gasteiger partial charge in [0.1, 0.15) is 11.9 Å². The molecule has 2 amide bonds. The van der Waals surface area contributed by atoms with Gasteiger partial charge in [0.05, 0.1) is 13.2 Å². The quantitative estimate of drug-likeness (QED) is 0.762. The van der Waals surface area contributed by atoms with Crippen LogP contribution in [0.3, 0.4) is 0 Å². The number of rotatable bonds is 5. The predicted octanol–water partition coefficient (Wildman–Crippen LogP) is 3.30. The number of allylic oxidation sites excluding steroid dienone is 1. The van der Waals surface area contributed by atoms with Crippen molar-refractivity contribution in [2.24, 2.45) is 5.92 Å². The highest BCUT2D eigenvalue weighted by Crippen LogP contribution is 2.25. The van der Waals surface area contributed by atoms with Gasteiger partial charge in [0, 0.05) is 50.5 Å². The zero-order chi connectivity index (χ0) is 21.0. The second-order valence-electron chi connectivity index (χ2n) is 8.68. The molecule has 1 atom stereocenters. The third kappa shape index (κ3) is 4.94. The second-order valence-corrected chi connectivity index (χ2v) is 8.68. The number of likely N-dealkylation sites (tertiary alicyclic amines) is 1. The number of carbonyl (C=O) groups is 1. The van der Waals surface area contributed by atoms with Crippen molar-refractivity contribution in [2.75, 3.05) is 44.7 Å². The Hall–Kier alpha value is -2.77. The Morgan fingerprint density at radius 1 is 1.19 bits per heavy atom. The van der Waals surface area contributed by atoms with Crippen LogP contribution < -0.4 is 15.4 Å². The van der Waals surface area contributed by atoms with E-state index in [-0.39, 0.29) is 12.1 Å². The van der Waals surface area contributed by atoms with E-state index in [0.717, 1.165) is 68.3 Å². The molecule has 31 heavy (non-hydrogen) atoms. The molecule has 7 heteroatoms. The Balaban J connectivity index is 1.08. The van der Waals surface area contributed by atoms with Gasteiger partial charge in [-0.3, -0.25) is 4.90 Å². The zero-order valence-corrected chi connectivity index (χ0v) is 17.8. The number of carbonyl (C=O) groups excluding carboxylic acids is 1. The van der Waals surface area contributed by atoms with E-state index in [4.69, 9.17) is 9.47 Å². The molecule has 4 heterocycles. The predicted molar refractivity (Wildman–Crippen MR) is 120 cm³/mol. The number of hydrogen-bond acceptors (Lipinski definition) is 5. The summed E-state index contributed by atoms with van der Waals surface area (Å²) in [6.45, 7) is 5.73. The topological polar surface area (TPSA) is 66.1 Å². The van der Waals surface area contributed by atoms with E-state index in [9.17, 15) is 4.79 Å². The Bertz CT molecular complexity index is 879. The highest BCUT2D eigenvalue weighted by atomic mass is 16.5. The lowest BCUT2D eigenvalue weighted by Crippen LogP contribution is -2.40. The van der Waals surface area contributed by atoms with E-state index in [1.807, 2.05) is 48.9 Å². The van der Waals surface area contributed by atoms with Gasteiger partial charge >= 0.3 is 6.03 Å². The number of piperidine rings is 1. The van der Waals surface area contributed by atoms with Crippen molar-refractivity contribution in [3.8, 4) is 5.75 Å². The number of nitrogens with one attached hydrogen (secondary N) is 2. The van der Waals surface area contributed by atoms with Crippen LogP contribution in [0.1, 0.15) is 19.3 Å². The van der Waals surface area contributed by atoms with Crippen molar-refractivity contribution in [1.29, 1.82) is 0 Å². The lowest BCUT2D eigenvalue weighted by atomic mass is 10.0. The average molecular weight is 423 g/mol. The van der Waals surface area contributed by atoms with E-state index < -0.39 is 0 Å². The fourth-order valence-corrected chi connectivity index (χ4v) is 4.57. The minimum Gasteiger partial charge on any atom is -0.490 e. The maximum atomic E-state index is 12.6. The minimum absolute atomic E-state index is 0.134. The van der Waals surface area contributed by atoms with Crippen molar-refractivity contribution in [3.63, 3.8) is 0 Å². The number of benzene rings is 1. The first-order valence-electron chi connectivity index (χ1n) is 11.2. The van der Waals surface area contributed by atoms with Gasteiger partial charge in [-0.05, 0) is 66.7 Å². The van der Waals surface area contributed by atoms with E-state index >= 15 is 0 Å². The van der Waals surface area contributed by atoms with Gasteiger partial charge < -0.3 is 25.0 Å². The zero-order valence-electron chi connectivity index (χ0n) is 17.8. The van der Waals surface area contributed by atoms with Gasteiger partial charge in [-0.2, -0.15) is 0 Å². The van der Waals surface area contributed by atoms with Crippen molar-refractivity contribution < 1.29 is 14.3 Å². The molecule has 4 aliphatic rings. The minimum atomic E-state index is -0.134. The fraction of sp³-hybridized carbons (Fsp3) is 0.458. The molecule has 164 valence electrons. The van der Waals surface area contributed by atoms with E-state index in [0.29, 0.717) is 12.5 Å². The number of urea groups is 1. The molecule has 2 saturated heterocycles. The summed E-state index contributed by atoms with van der Waals surface area (Å²) in [5, 5.41) is 6.02. The number of ether oxygens (including phenoxy) is 2. The third-order valence-corrected chi connectivity index (χ3v) is 6.37. The van der Waals surface area contributed by atoms with Crippen LogP contribution in [0.4, 0.5) is 10.5 Å². The Kier molecular flexibility index (Phi) is 5.95. The first kappa shape index (κ1) is 20.2. The summed E-state index contributed by atoms with van der Waals surface area (Å²) in [7, 11) is 0. The lowest BCUT2D eigenvalue weighted by Gasteiger charge is -2.33. The number of hydrogen-bond donors (Lipinski definition) is 2. The molecule has 1 aromatic rings. The van der Waals surface area contributed by atoms with Gasteiger partial charge in [0.25, 0.3) is 0 Å². The van der Waals surface area contributed by atoms with Crippen LogP contribution in [0.15, 0.2) is 60.1 Å². The number of dihydropyridines is 1. The largest absolute Gasteiger partial charge is 0.490 e. The molecule has 2 N–H and O–H groups in total. The molecular formula is C24H30N4O3. The Morgan fingerprint density at radius 3 is 2.77 bits per heavy atom. The first-order valence-corrected chi connectivity index (χ1v) is 11.2. The SMILES string of the molecule is O=C(Nc1ccc(OC2CCN(CC3CCOC3)CC2)cc1)N1C=C2C=CNC=C2C1. The summed E-state index contributed by atoms with van der Waals surface area (Å²) in [4.78, 5) is 16.8. The summed E-state index contributed by atoms with van der Waals surface area (Å²) in [6, 6.07) is 7.55. The maximum Gasteiger partial charge on any atom is 0.326 e. The number of anilines is 1. The van der Waals surface area contributed by atoms with Crippen molar-refractivity contribution in [1.82, 2.24) is 15.1 Å². The maximum absolute atomic E-state index is 12.6.